The number of aromatic nitrogens is 2. The molecule has 0 saturated heterocycles. The standard InChI is InChI=1S/C18H25N5O2/c1-13(2)20-18(25)22-17(24)14(3)21-16(12-23-11-7-10-19-23)15-8-5-4-6-9-15/h4-11,13-14,16,21H,12H2,1-3H3,(H2,20,22,24,25). The summed E-state index contributed by atoms with van der Waals surface area (Å²) in [4.78, 5) is 23.9. The number of benzene rings is 1. The number of carbonyl (C=O) groups is 2. The number of hydrogen-bond acceptors (Lipinski definition) is 4. The summed E-state index contributed by atoms with van der Waals surface area (Å²) in [5.41, 5.74) is 1.05. The predicted molar refractivity (Wildman–Crippen MR) is 95.8 cm³/mol. The second-order valence-electron chi connectivity index (χ2n) is 6.20. The molecule has 0 radical (unpaired) electrons. The first-order chi connectivity index (χ1) is 12.0. The molecular formula is C18H25N5O2. The van der Waals surface area contributed by atoms with Crippen LogP contribution < -0.4 is 16.0 Å². The van der Waals surface area contributed by atoms with Crippen molar-refractivity contribution < 1.29 is 9.59 Å². The van der Waals surface area contributed by atoms with Gasteiger partial charge >= 0.3 is 6.03 Å². The molecule has 2 unspecified atom stereocenters. The van der Waals surface area contributed by atoms with Gasteiger partial charge in [-0.25, -0.2) is 4.79 Å². The van der Waals surface area contributed by atoms with Crippen LogP contribution in [0, 0.1) is 0 Å². The summed E-state index contributed by atoms with van der Waals surface area (Å²) in [6.45, 7) is 5.98. The fraction of sp³-hybridized carbons (Fsp3) is 0.389. The van der Waals surface area contributed by atoms with Gasteiger partial charge in [0.25, 0.3) is 0 Å². The van der Waals surface area contributed by atoms with Crippen molar-refractivity contribution in [3.8, 4) is 0 Å². The van der Waals surface area contributed by atoms with E-state index in [-0.39, 0.29) is 18.0 Å². The zero-order chi connectivity index (χ0) is 18.2. The van der Waals surface area contributed by atoms with Crippen LogP contribution in [0.2, 0.25) is 0 Å². The largest absolute Gasteiger partial charge is 0.336 e. The van der Waals surface area contributed by atoms with E-state index in [4.69, 9.17) is 0 Å². The molecule has 0 bridgehead atoms. The van der Waals surface area contributed by atoms with E-state index in [1.807, 2.05) is 56.4 Å². The van der Waals surface area contributed by atoms with Gasteiger partial charge < -0.3 is 5.32 Å². The highest BCUT2D eigenvalue weighted by atomic mass is 16.2. The van der Waals surface area contributed by atoms with Crippen LogP contribution in [0.15, 0.2) is 48.8 Å². The Bertz CT molecular complexity index is 670. The first-order valence-electron chi connectivity index (χ1n) is 8.35. The van der Waals surface area contributed by atoms with Gasteiger partial charge in [-0.1, -0.05) is 30.3 Å². The van der Waals surface area contributed by atoms with Crippen molar-refractivity contribution in [2.45, 2.75) is 45.4 Å². The molecule has 25 heavy (non-hydrogen) atoms. The van der Waals surface area contributed by atoms with Crippen LogP contribution in [0.1, 0.15) is 32.4 Å². The Labute approximate surface area is 147 Å². The van der Waals surface area contributed by atoms with E-state index in [0.717, 1.165) is 5.56 Å². The maximum Gasteiger partial charge on any atom is 0.321 e. The fourth-order valence-electron chi connectivity index (χ4n) is 2.43. The Morgan fingerprint density at radius 2 is 1.84 bits per heavy atom. The van der Waals surface area contributed by atoms with Gasteiger partial charge in [-0.2, -0.15) is 5.10 Å². The summed E-state index contributed by atoms with van der Waals surface area (Å²) >= 11 is 0. The number of nitrogens with zero attached hydrogens (tertiary/aromatic N) is 2. The second-order valence-corrected chi connectivity index (χ2v) is 6.20. The zero-order valence-corrected chi connectivity index (χ0v) is 14.8. The van der Waals surface area contributed by atoms with Gasteiger partial charge in [0.1, 0.15) is 0 Å². The minimum absolute atomic E-state index is 0.0343. The summed E-state index contributed by atoms with van der Waals surface area (Å²) < 4.78 is 1.81. The van der Waals surface area contributed by atoms with Crippen molar-refractivity contribution >= 4 is 11.9 Å². The maximum absolute atomic E-state index is 12.2. The number of hydrogen-bond donors (Lipinski definition) is 3. The van der Waals surface area contributed by atoms with E-state index < -0.39 is 12.1 Å². The van der Waals surface area contributed by atoms with Crippen LogP contribution in [0.3, 0.4) is 0 Å². The lowest BCUT2D eigenvalue weighted by molar-refractivity contribution is -0.121. The SMILES string of the molecule is CC(C)NC(=O)NC(=O)C(C)NC(Cn1cccn1)c1ccccc1. The van der Waals surface area contributed by atoms with Crippen LogP contribution in [0.5, 0.6) is 0 Å². The van der Waals surface area contributed by atoms with Gasteiger partial charge in [0, 0.05) is 18.4 Å². The van der Waals surface area contributed by atoms with Gasteiger partial charge in [-0.15, -0.1) is 0 Å². The average Bonchev–Trinajstić information content (AvgIpc) is 3.07. The Kier molecular flexibility index (Phi) is 6.71. The van der Waals surface area contributed by atoms with Crippen molar-refractivity contribution in [1.29, 1.82) is 0 Å². The second kappa shape index (κ2) is 8.98. The highest BCUT2D eigenvalue weighted by Gasteiger charge is 2.21. The number of amides is 3. The minimum Gasteiger partial charge on any atom is -0.336 e. The number of imide groups is 1. The van der Waals surface area contributed by atoms with Crippen molar-refractivity contribution in [3.05, 3.63) is 54.4 Å². The number of rotatable bonds is 7. The monoisotopic (exact) mass is 343 g/mol. The molecule has 0 aliphatic rings. The molecule has 134 valence electrons. The number of carbonyl (C=O) groups excluding carboxylic acids is 2. The van der Waals surface area contributed by atoms with Gasteiger partial charge in [0.2, 0.25) is 5.91 Å². The molecule has 7 nitrogen and oxygen atoms in total. The molecule has 0 aliphatic heterocycles. The molecule has 2 atom stereocenters. The van der Waals surface area contributed by atoms with E-state index in [1.54, 1.807) is 17.8 Å². The van der Waals surface area contributed by atoms with E-state index in [9.17, 15) is 9.59 Å². The third kappa shape index (κ3) is 6.04. The maximum atomic E-state index is 12.2. The third-order valence-electron chi connectivity index (χ3n) is 3.63. The van der Waals surface area contributed by atoms with Crippen molar-refractivity contribution in [3.63, 3.8) is 0 Å². The van der Waals surface area contributed by atoms with E-state index in [2.05, 4.69) is 21.0 Å². The average molecular weight is 343 g/mol. The lowest BCUT2D eigenvalue weighted by Crippen LogP contribution is -2.50. The Morgan fingerprint density at radius 3 is 2.44 bits per heavy atom. The van der Waals surface area contributed by atoms with E-state index >= 15 is 0 Å². The number of nitrogens with one attached hydrogen (secondary N) is 3. The van der Waals surface area contributed by atoms with Gasteiger partial charge in [0.05, 0.1) is 18.6 Å². The third-order valence-corrected chi connectivity index (χ3v) is 3.63. The molecule has 3 N–H and O–H groups in total. The van der Waals surface area contributed by atoms with Gasteiger partial charge in [-0.05, 0) is 32.4 Å². The molecule has 1 heterocycles. The lowest BCUT2D eigenvalue weighted by Gasteiger charge is -2.23. The first-order valence-corrected chi connectivity index (χ1v) is 8.35. The predicted octanol–water partition coefficient (Wildman–Crippen LogP) is 1.84. The normalized spacial score (nSPS) is 13.3. The molecule has 2 rings (SSSR count). The van der Waals surface area contributed by atoms with Crippen LogP contribution in [-0.2, 0) is 11.3 Å². The molecule has 0 aliphatic carbocycles. The summed E-state index contributed by atoms with van der Waals surface area (Å²) in [6, 6.07) is 10.5. The minimum atomic E-state index is -0.543. The van der Waals surface area contributed by atoms with Gasteiger partial charge in [-0.3, -0.25) is 20.1 Å². The first kappa shape index (κ1) is 18.7. The zero-order valence-electron chi connectivity index (χ0n) is 14.8. The van der Waals surface area contributed by atoms with Crippen LogP contribution in [0.25, 0.3) is 0 Å². The quantitative estimate of drug-likeness (QED) is 0.716. The molecular weight excluding hydrogens is 318 g/mol. The molecule has 0 fully saturated rings. The van der Waals surface area contributed by atoms with Crippen LogP contribution >= 0.6 is 0 Å². The molecule has 7 heteroatoms. The smallest absolute Gasteiger partial charge is 0.321 e. The van der Waals surface area contributed by atoms with E-state index in [1.165, 1.54) is 0 Å². The highest BCUT2D eigenvalue weighted by molar-refractivity contribution is 5.96. The van der Waals surface area contributed by atoms with Crippen LogP contribution in [-0.4, -0.2) is 33.8 Å². The van der Waals surface area contributed by atoms with Crippen molar-refractivity contribution in [1.82, 2.24) is 25.7 Å². The Balaban J connectivity index is 2.02. The Hall–Kier alpha value is -2.67. The molecule has 0 spiro atoms. The highest BCUT2D eigenvalue weighted by Crippen LogP contribution is 2.15. The van der Waals surface area contributed by atoms with Crippen LogP contribution in [0.4, 0.5) is 4.79 Å². The topological polar surface area (TPSA) is 88.0 Å². The van der Waals surface area contributed by atoms with E-state index in [0.29, 0.717) is 6.54 Å². The lowest BCUT2D eigenvalue weighted by atomic mass is 10.1. The summed E-state index contributed by atoms with van der Waals surface area (Å²) in [5, 5.41) is 12.5. The summed E-state index contributed by atoms with van der Waals surface area (Å²) in [7, 11) is 0. The fourth-order valence-corrected chi connectivity index (χ4v) is 2.43. The molecule has 1 aromatic carbocycles. The summed E-state index contributed by atoms with van der Waals surface area (Å²) in [5.74, 6) is -0.375. The molecule has 1 aromatic heterocycles. The number of urea groups is 1. The van der Waals surface area contributed by atoms with Crippen molar-refractivity contribution in [2.75, 3.05) is 0 Å². The molecule has 3 amide bonds. The Morgan fingerprint density at radius 1 is 1.12 bits per heavy atom. The molecule has 0 saturated carbocycles. The van der Waals surface area contributed by atoms with Crippen molar-refractivity contribution in [2.24, 2.45) is 0 Å². The van der Waals surface area contributed by atoms with Gasteiger partial charge in [0.15, 0.2) is 0 Å². The molecule has 2 aromatic rings. The summed E-state index contributed by atoms with van der Waals surface area (Å²) in [6.07, 6.45) is 3.59.